The summed E-state index contributed by atoms with van der Waals surface area (Å²) < 4.78 is 24.4. The highest BCUT2D eigenvalue weighted by molar-refractivity contribution is 5.89. The van der Waals surface area contributed by atoms with E-state index in [9.17, 15) is 9.18 Å². The fraction of sp³-hybridized carbons (Fsp3) is 0.316. The van der Waals surface area contributed by atoms with Crippen molar-refractivity contribution in [2.24, 2.45) is 5.92 Å². The van der Waals surface area contributed by atoms with E-state index in [4.69, 9.17) is 9.47 Å². The summed E-state index contributed by atoms with van der Waals surface area (Å²) >= 11 is 0. The van der Waals surface area contributed by atoms with E-state index in [0.29, 0.717) is 30.6 Å². The Bertz CT molecular complexity index is 792. The molecule has 130 valence electrons. The lowest BCUT2D eigenvalue weighted by molar-refractivity contribution is 0.171. The SMILES string of the molecule is O=C(Nc1cccc(F)c1)NC(c1ccc2c(c1)OCCO2)C1CC1. The normalized spacial score (nSPS) is 16.8. The van der Waals surface area contributed by atoms with Crippen molar-refractivity contribution in [2.45, 2.75) is 18.9 Å². The van der Waals surface area contributed by atoms with Crippen LogP contribution in [0.5, 0.6) is 11.5 Å². The van der Waals surface area contributed by atoms with Crippen LogP contribution >= 0.6 is 0 Å². The molecule has 1 heterocycles. The highest BCUT2D eigenvalue weighted by atomic mass is 19.1. The standard InChI is InChI=1S/C19H19FN2O3/c20-14-2-1-3-15(11-14)21-19(23)22-18(12-4-5-12)13-6-7-16-17(10-13)25-9-8-24-16/h1-3,6-7,10-12,18H,4-5,8-9H2,(H2,21,22,23). The van der Waals surface area contributed by atoms with Crippen molar-refractivity contribution in [3.63, 3.8) is 0 Å². The zero-order chi connectivity index (χ0) is 17.2. The molecule has 0 spiro atoms. The summed E-state index contributed by atoms with van der Waals surface area (Å²) in [4.78, 5) is 12.3. The molecule has 2 amide bonds. The van der Waals surface area contributed by atoms with E-state index in [0.717, 1.165) is 24.2 Å². The second-order valence-electron chi connectivity index (χ2n) is 6.33. The first-order valence-electron chi connectivity index (χ1n) is 8.42. The summed E-state index contributed by atoms with van der Waals surface area (Å²) in [5, 5.41) is 5.68. The Morgan fingerprint density at radius 3 is 2.64 bits per heavy atom. The lowest BCUT2D eigenvalue weighted by Crippen LogP contribution is -2.33. The molecule has 1 atom stereocenters. The third kappa shape index (κ3) is 3.68. The maximum absolute atomic E-state index is 13.2. The molecule has 1 saturated carbocycles. The predicted octanol–water partition coefficient (Wildman–Crippen LogP) is 3.87. The predicted molar refractivity (Wildman–Crippen MR) is 91.5 cm³/mol. The second-order valence-corrected chi connectivity index (χ2v) is 6.33. The van der Waals surface area contributed by atoms with Gasteiger partial charge >= 0.3 is 6.03 Å². The summed E-state index contributed by atoms with van der Waals surface area (Å²) in [5.41, 5.74) is 1.41. The Morgan fingerprint density at radius 1 is 1.08 bits per heavy atom. The van der Waals surface area contributed by atoms with Gasteiger partial charge < -0.3 is 20.1 Å². The highest BCUT2D eigenvalue weighted by Crippen LogP contribution is 2.43. The molecule has 1 unspecified atom stereocenters. The van der Waals surface area contributed by atoms with Gasteiger partial charge in [-0.25, -0.2) is 9.18 Å². The van der Waals surface area contributed by atoms with Gasteiger partial charge in [0.2, 0.25) is 0 Å². The fourth-order valence-corrected chi connectivity index (χ4v) is 3.03. The Labute approximate surface area is 145 Å². The zero-order valence-corrected chi connectivity index (χ0v) is 13.6. The van der Waals surface area contributed by atoms with Crippen LogP contribution in [0, 0.1) is 11.7 Å². The molecule has 0 bridgehead atoms. The van der Waals surface area contributed by atoms with E-state index in [1.54, 1.807) is 12.1 Å². The number of fused-ring (bicyclic) bond motifs is 1. The Hall–Kier alpha value is -2.76. The van der Waals surface area contributed by atoms with Crippen LogP contribution in [0.25, 0.3) is 0 Å². The number of carbonyl (C=O) groups excluding carboxylic acids is 1. The molecule has 4 rings (SSSR count). The zero-order valence-electron chi connectivity index (χ0n) is 13.6. The maximum atomic E-state index is 13.2. The summed E-state index contributed by atoms with van der Waals surface area (Å²) in [5.74, 6) is 1.46. The van der Waals surface area contributed by atoms with Gasteiger partial charge in [0.15, 0.2) is 11.5 Å². The third-order valence-corrected chi connectivity index (χ3v) is 4.39. The largest absolute Gasteiger partial charge is 0.486 e. The van der Waals surface area contributed by atoms with Gasteiger partial charge in [0, 0.05) is 5.69 Å². The first-order chi connectivity index (χ1) is 12.2. The van der Waals surface area contributed by atoms with E-state index in [-0.39, 0.29) is 17.9 Å². The summed E-state index contributed by atoms with van der Waals surface area (Å²) in [6, 6.07) is 11.1. The third-order valence-electron chi connectivity index (χ3n) is 4.39. The van der Waals surface area contributed by atoms with Crippen LogP contribution < -0.4 is 20.1 Å². The minimum Gasteiger partial charge on any atom is -0.486 e. The smallest absolute Gasteiger partial charge is 0.319 e. The Morgan fingerprint density at radius 2 is 1.88 bits per heavy atom. The van der Waals surface area contributed by atoms with Gasteiger partial charge in [-0.15, -0.1) is 0 Å². The van der Waals surface area contributed by atoms with Crippen molar-refractivity contribution in [3.8, 4) is 11.5 Å². The van der Waals surface area contributed by atoms with E-state index in [1.165, 1.54) is 12.1 Å². The average Bonchev–Trinajstić information content (AvgIpc) is 3.44. The van der Waals surface area contributed by atoms with E-state index < -0.39 is 0 Å². The van der Waals surface area contributed by atoms with E-state index >= 15 is 0 Å². The van der Waals surface area contributed by atoms with E-state index in [2.05, 4.69) is 10.6 Å². The number of rotatable bonds is 4. The van der Waals surface area contributed by atoms with Crippen LogP contribution in [0.2, 0.25) is 0 Å². The molecule has 1 fully saturated rings. The molecule has 0 radical (unpaired) electrons. The molecule has 2 aromatic rings. The van der Waals surface area contributed by atoms with Crippen LogP contribution in [0.15, 0.2) is 42.5 Å². The lowest BCUT2D eigenvalue weighted by Gasteiger charge is -2.23. The van der Waals surface area contributed by atoms with Crippen molar-refractivity contribution in [1.29, 1.82) is 0 Å². The monoisotopic (exact) mass is 342 g/mol. The Balaban J connectivity index is 1.49. The summed E-state index contributed by atoms with van der Waals surface area (Å²) in [6.07, 6.45) is 2.14. The molecular formula is C19H19FN2O3. The second kappa shape index (κ2) is 6.63. The summed E-state index contributed by atoms with van der Waals surface area (Å²) in [6.45, 7) is 1.07. The van der Waals surface area contributed by atoms with Gasteiger partial charge in [-0.1, -0.05) is 12.1 Å². The van der Waals surface area contributed by atoms with Crippen LogP contribution in [0.3, 0.4) is 0 Å². The molecular weight excluding hydrogens is 323 g/mol. The number of urea groups is 1. The van der Waals surface area contributed by atoms with Gasteiger partial charge in [-0.2, -0.15) is 0 Å². The number of anilines is 1. The molecule has 2 aliphatic rings. The van der Waals surface area contributed by atoms with Crippen molar-refractivity contribution in [3.05, 3.63) is 53.8 Å². The van der Waals surface area contributed by atoms with Crippen molar-refractivity contribution < 1.29 is 18.7 Å². The van der Waals surface area contributed by atoms with Crippen LogP contribution in [0.1, 0.15) is 24.4 Å². The lowest BCUT2D eigenvalue weighted by atomic mass is 10.0. The number of hydrogen-bond acceptors (Lipinski definition) is 3. The molecule has 6 heteroatoms. The van der Waals surface area contributed by atoms with Crippen molar-refractivity contribution in [1.82, 2.24) is 5.32 Å². The van der Waals surface area contributed by atoms with E-state index in [1.807, 2.05) is 18.2 Å². The number of amides is 2. The molecule has 1 aliphatic heterocycles. The number of carbonyl (C=O) groups is 1. The fourth-order valence-electron chi connectivity index (χ4n) is 3.03. The number of halogens is 1. The maximum Gasteiger partial charge on any atom is 0.319 e. The van der Waals surface area contributed by atoms with Crippen LogP contribution in [0.4, 0.5) is 14.9 Å². The highest BCUT2D eigenvalue weighted by Gasteiger charge is 2.34. The summed E-state index contributed by atoms with van der Waals surface area (Å²) in [7, 11) is 0. The minimum atomic E-state index is -0.386. The van der Waals surface area contributed by atoms with Crippen molar-refractivity contribution in [2.75, 3.05) is 18.5 Å². The van der Waals surface area contributed by atoms with Crippen LogP contribution in [-0.2, 0) is 0 Å². The topological polar surface area (TPSA) is 59.6 Å². The molecule has 2 aromatic carbocycles. The van der Waals surface area contributed by atoms with Gasteiger partial charge in [0.05, 0.1) is 6.04 Å². The minimum absolute atomic E-state index is 0.107. The quantitative estimate of drug-likeness (QED) is 0.887. The Kier molecular flexibility index (Phi) is 4.17. The number of nitrogens with one attached hydrogen (secondary N) is 2. The first-order valence-corrected chi connectivity index (χ1v) is 8.42. The molecule has 0 aromatic heterocycles. The van der Waals surface area contributed by atoms with Gasteiger partial charge in [-0.3, -0.25) is 0 Å². The first kappa shape index (κ1) is 15.7. The van der Waals surface area contributed by atoms with Crippen molar-refractivity contribution >= 4 is 11.7 Å². The molecule has 2 N–H and O–H groups in total. The molecule has 0 saturated heterocycles. The molecule has 1 aliphatic carbocycles. The van der Waals surface area contributed by atoms with Crippen LogP contribution in [-0.4, -0.2) is 19.2 Å². The number of hydrogen-bond donors (Lipinski definition) is 2. The van der Waals surface area contributed by atoms with Gasteiger partial charge in [-0.05, 0) is 54.7 Å². The number of benzene rings is 2. The molecule has 5 nitrogen and oxygen atoms in total. The van der Waals surface area contributed by atoms with Gasteiger partial charge in [0.25, 0.3) is 0 Å². The number of ether oxygens (including phenoxy) is 2. The average molecular weight is 342 g/mol. The molecule has 25 heavy (non-hydrogen) atoms. The van der Waals surface area contributed by atoms with Gasteiger partial charge in [0.1, 0.15) is 19.0 Å².